The average molecular weight is 221 g/mol. The second-order valence-corrected chi connectivity index (χ2v) is 4.13. The van der Waals surface area contributed by atoms with Crippen molar-refractivity contribution < 1.29 is 13.9 Å². The van der Waals surface area contributed by atoms with Crippen LogP contribution < -0.4 is 0 Å². The van der Waals surface area contributed by atoms with Crippen molar-refractivity contribution in [1.82, 2.24) is 4.90 Å². The fourth-order valence-electron chi connectivity index (χ4n) is 1.66. The van der Waals surface area contributed by atoms with Gasteiger partial charge in [-0.25, -0.2) is 0 Å². The van der Waals surface area contributed by atoms with Crippen molar-refractivity contribution in [2.45, 2.75) is 26.3 Å². The molecular formula is C12H15NO3. The molecule has 1 amide bonds. The topological polar surface area (TPSA) is 46.6 Å². The zero-order valence-electron chi connectivity index (χ0n) is 9.69. The number of carbonyl (C=O) groups excluding carboxylic acids is 1. The third kappa shape index (κ3) is 1.96. The van der Waals surface area contributed by atoms with E-state index in [-0.39, 0.29) is 11.9 Å². The van der Waals surface area contributed by atoms with E-state index in [0.29, 0.717) is 0 Å². The fraction of sp³-hybridized carbons (Fsp3) is 0.417. The lowest BCUT2D eigenvalue weighted by Crippen LogP contribution is -2.34. The summed E-state index contributed by atoms with van der Waals surface area (Å²) in [6, 6.07) is 6.00. The summed E-state index contributed by atoms with van der Waals surface area (Å²) >= 11 is 0. The molecule has 4 nitrogen and oxygen atoms in total. The number of hydrogen-bond donors (Lipinski definition) is 0. The average Bonchev–Trinajstić information content (AvgIpc) is 2.20. The first-order valence-electron chi connectivity index (χ1n) is 5.29. The SMILES string of the molecule is CC(=O)N(C)[C@H](C)Cc1ccc2ooc2c1. The predicted octanol–water partition coefficient (Wildman–Crippen LogP) is 2.44. The Morgan fingerprint density at radius 1 is 1.38 bits per heavy atom. The van der Waals surface area contributed by atoms with Gasteiger partial charge in [-0.05, 0) is 31.0 Å². The minimum atomic E-state index is 0.0796. The molecule has 86 valence electrons. The molecule has 0 radical (unpaired) electrons. The molecule has 2 rings (SSSR count). The van der Waals surface area contributed by atoms with E-state index in [1.807, 2.05) is 32.2 Å². The van der Waals surface area contributed by atoms with Crippen LogP contribution in [0, 0.1) is 0 Å². The smallest absolute Gasteiger partial charge is 0.225 e. The van der Waals surface area contributed by atoms with Gasteiger partial charge in [-0.15, -0.1) is 0 Å². The normalized spacial score (nSPS) is 12.9. The van der Waals surface area contributed by atoms with E-state index < -0.39 is 0 Å². The molecule has 0 unspecified atom stereocenters. The van der Waals surface area contributed by atoms with Crippen LogP contribution in [0.2, 0.25) is 0 Å². The van der Waals surface area contributed by atoms with Crippen LogP contribution in [0.15, 0.2) is 27.4 Å². The van der Waals surface area contributed by atoms with E-state index in [0.717, 1.165) is 23.2 Å². The number of amides is 1. The molecule has 0 aliphatic heterocycles. The number of fused-ring (bicyclic) bond motifs is 1. The quantitative estimate of drug-likeness (QED) is 0.748. The Hall–Kier alpha value is -1.71. The number of likely N-dealkylation sites (N-methyl/N-ethyl adjacent to an activating group) is 1. The first-order valence-corrected chi connectivity index (χ1v) is 5.29. The van der Waals surface area contributed by atoms with Crippen LogP contribution >= 0.6 is 0 Å². The standard InChI is InChI=1S/C12H15NO3/c1-8(13(3)9(2)14)6-10-4-5-11-12(7-10)16-15-11/h4-5,7-8H,6H2,1-3H3/t8-/m1/s1. The molecule has 2 aromatic rings. The van der Waals surface area contributed by atoms with Crippen molar-refractivity contribution in [1.29, 1.82) is 0 Å². The molecule has 0 aliphatic carbocycles. The monoisotopic (exact) mass is 221 g/mol. The Balaban J connectivity index is 2.07. The number of carbonyl (C=O) groups is 1. The van der Waals surface area contributed by atoms with E-state index in [1.54, 1.807) is 11.8 Å². The molecule has 1 aromatic carbocycles. The van der Waals surface area contributed by atoms with Crippen LogP contribution in [0.25, 0.3) is 11.2 Å². The molecule has 0 spiro atoms. The molecule has 0 saturated heterocycles. The van der Waals surface area contributed by atoms with Crippen LogP contribution in [-0.2, 0) is 11.2 Å². The molecule has 1 atom stereocenters. The van der Waals surface area contributed by atoms with Gasteiger partial charge in [-0.1, -0.05) is 6.07 Å². The molecule has 0 fully saturated rings. The minimum Gasteiger partial charge on any atom is -0.343 e. The summed E-state index contributed by atoms with van der Waals surface area (Å²) in [6.07, 6.45) is 0.812. The summed E-state index contributed by atoms with van der Waals surface area (Å²) in [5.41, 5.74) is 2.69. The Morgan fingerprint density at radius 3 is 2.56 bits per heavy atom. The van der Waals surface area contributed by atoms with E-state index in [2.05, 4.69) is 0 Å². The number of hydrogen-bond acceptors (Lipinski definition) is 3. The van der Waals surface area contributed by atoms with Gasteiger partial charge in [0.05, 0.1) is 0 Å². The summed E-state index contributed by atoms with van der Waals surface area (Å²) in [7, 11) is 1.81. The van der Waals surface area contributed by atoms with Crippen LogP contribution in [0.5, 0.6) is 0 Å². The predicted molar refractivity (Wildman–Crippen MR) is 60.1 cm³/mol. The highest BCUT2D eigenvalue weighted by Crippen LogP contribution is 2.20. The summed E-state index contributed by atoms with van der Waals surface area (Å²) in [4.78, 5) is 12.9. The summed E-state index contributed by atoms with van der Waals surface area (Å²) < 4.78 is 9.58. The Labute approximate surface area is 93.7 Å². The molecule has 0 N–H and O–H groups in total. The van der Waals surface area contributed by atoms with Crippen LogP contribution in [0.4, 0.5) is 0 Å². The van der Waals surface area contributed by atoms with E-state index in [4.69, 9.17) is 9.15 Å². The van der Waals surface area contributed by atoms with Crippen molar-refractivity contribution in [3.8, 4) is 0 Å². The van der Waals surface area contributed by atoms with E-state index in [1.165, 1.54) is 0 Å². The van der Waals surface area contributed by atoms with Crippen molar-refractivity contribution in [2.75, 3.05) is 7.05 Å². The maximum absolute atomic E-state index is 11.2. The third-order valence-corrected chi connectivity index (χ3v) is 2.92. The van der Waals surface area contributed by atoms with E-state index >= 15 is 0 Å². The maximum atomic E-state index is 11.2. The van der Waals surface area contributed by atoms with Crippen LogP contribution in [0.3, 0.4) is 0 Å². The van der Waals surface area contributed by atoms with Gasteiger partial charge >= 0.3 is 0 Å². The molecule has 1 aromatic heterocycles. The Bertz CT molecular complexity index is 497. The van der Waals surface area contributed by atoms with Gasteiger partial charge in [0.15, 0.2) is 0 Å². The molecule has 16 heavy (non-hydrogen) atoms. The first-order chi connectivity index (χ1) is 7.58. The lowest BCUT2D eigenvalue weighted by Gasteiger charge is -2.23. The maximum Gasteiger partial charge on any atom is 0.225 e. The van der Waals surface area contributed by atoms with Crippen molar-refractivity contribution in [2.24, 2.45) is 0 Å². The van der Waals surface area contributed by atoms with Crippen LogP contribution in [0.1, 0.15) is 19.4 Å². The van der Waals surface area contributed by atoms with Gasteiger partial charge in [-0.3, -0.25) is 13.9 Å². The highest BCUT2D eigenvalue weighted by atomic mass is 17.0. The van der Waals surface area contributed by atoms with Crippen LogP contribution in [-0.4, -0.2) is 23.9 Å². The molecule has 1 heterocycles. The molecular weight excluding hydrogens is 206 g/mol. The Morgan fingerprint density at radius 2 is 2.06 bits per heavy atom. The van der Waals surface area contributed by atoms with Gasteiger partial charge in [0.25, 0.3) is 0 Å². The number of benzene rings is 1. The van der Waals surface area contributed by atoms with Crippen molar-refractivity contribution >= 4 is 17.1 Å². The van der Waals surface area contributed by atoms with Gasteiger partial charge in [0.1, 0.15) is 0 Å². The zero-order valence-corrected chi connectivity index (χ0v) is 9.69. The number of nitrogens with zero attached hydrogens (tertiary/aromatic N) is 1. The third-order valence-electron chi connectivity index (χ3n) is 2.92. The van der Waals surface area contributed by atoms with Gasteiger partial charge in [0.2, 0.25) is 17.1 Å². The highest BCUT2D eigenvalue weighted by molar-refractivity contribution is 5.73. The Kier molecular flexibility index (Phi) is 2.73. The van der Waals surface area contributed by atoms with E-state index in [9.17, 15) is 4.79 Å². The highest BCUT2D eigenvalue weighted by Gasteiger charge is 2.13. The fourth-order valence-corrected chi connectivity index (χ4v) is 1.66. The molecule has 0 saturated carbocycles. The van der Waals surface area contributed by atoms with Crippen molar-refractivity contribution in [3.05, 3.63) is 23.8 Å². The van der Waals surface area contributed by atoms with Gasteiger partial charge in [-0.2, -0.15) is 0 Å². The first kappa shape index (κ1) is 10.8. The summed E-state index contributed by atoms with van der Waals surface area (Å²) in [5, 5.41) is 0. The minimum absolute atomic E-state index is 0.0796. The molecule has 0 bridgehead atoms. The number of rotatable bonds is 3. The lowest BCUT2D eigenvalue weighted by atomic mass is 10.1. The second kappa shape index (κ2) is 4.04. The molecule has 0 aliphatic rings. The zero-order chi connectivity index (χ0) is 11.7. The van der Waals surface area contributed by atoms with Gasteiger partial charge < -0.3 is 4.90 Å². The second-order valence-electron chi connectivity index (χ2n) is 4.13. The lowest BCUT2D eigenvalue weighted by molar-refractivity contribution is -0.129. The van der Waals surface area contributed by atoms with Crippen molar-refractivity contribution in [3.63, 3.8) is 0 Å². The molecule has 4 heteroatoms. The largest absolute Gasteiger partial charge is 0.343 e. The van der Waals surface area contributed by atoms with Gasteiger partial charge in [0, 0.05) is 20.0 Å². The summed E-state index contributed by atoms with van der Waals surface area (Å²) in [5.74, 6) is 0.0796. The summed E-state index contributed by atoms with van der Waals surface area (Å²) in [6.45, 7) is 3.60.